The number of nitriles is 1. The summed E-state index contributed by atoms with van der Waals surface area (Å²) in [5, 5.41) is 9.44. The van der Waals surface area contributed by atoms with Crippen LogP contribution in [0.1, 0.15) is 52.9 Å². The van der Waals surface area contributed by atoms with Gasteiger partial charge in [0.05, 0.1) is 18.0 Å². The highest BCUT2D eigenvalue weighted by Gasteiger charge is 2.43. The third-order valence-electron chi connectivity index (χ3n) is 5.26. The Labute approximate surface area is 122 Å². The van der Waals surface area contributed by atoms with Gasteiger partial charge in [0.15, 0.2) is 0 Å². The number of rotatable bonds is 2. The van der Waals surface area contributed by atoms with E-state index in [4.69, 9.17) is 5.73 Å². The topological polar surface area (TPSA) is 70.1 Å². The van der Waals surface area contributed by atoms with E-state index >= 15 is 0 Å². The summed E-state index contributed by atoms with van der Waals surface area (Å²) in [6.45, 7) is 7.73. The molecule has 0 spiro atoms. The lowest BCUT2D eigenvalue weighted by atomic mass is 9.67. The predicted octanol–water partition coefficient (Wildman–Crippen LogP) is 2.29. The fourth-order valence-corrected chi connectivity index (χ4v) is 3.94. The Morgan fingerprint density at radius 2 is 2.00 bits per heavy atom. The number of likely N-dealkylation sites (tertiary alicyclic amines) is 1. The molecular formula is C16H27N3O. The van der Waals surface area contributed by atoms with Crippen LogP contribution in [0, 0.1) is 28.6 Å². The number of hydrogen-bond donors (Lipinski definition) is 1. The van der Waals surface area contributed by atoms with Crippen molar-refractivity contribution in [3.8, 4) is 6.07 Å². The van der Waals surface area contributed by atoms with Crippen molar-refractivity contribution >= 4 is 5.91 Å². The van der Waals surface area contributed by atoms with Gasteiger partial charge in [-0.15, -0.1) is 0 Å². The number of hydrogen-bond acceptors (Lipinski definition) is 3. The van der Waals surface area contributed by atoms with Crippen LogP contribution in [0.25, 0.3) is 0 Å². The Morgan fingerprint density at radius 1 is 1.30 bits per heavy atom. The third kappa shape index (κ3) is 2.98. The summed E-state index contributed by atoms with van der Waals surface area (Å²) in [6.07, 6.45) is 4.95. The molecule has 2 rings (SSSR count). The van der Waals surface area contributed by atoms with Crippen molar-refractivity contribution in [2.24, 2.45) is 23.0 Å². The zero-order valence-corrected chi connectivity index (χ0v) is 12.9. The lowest BCUT2D eigenvalue weighted by molar-refractivity contribution is -0.123. The molecule has 2 aliphatic rings. The molecule has 1 saturated heterocycles. The van der Waals surface area contributed by atoms with E-state index in [2.05, 4.69) is 31.7 Å². The zero-order valence-electron chi connectivity index (χ0n) is 12.9. The number of amides is 1. The minimum Gasteiger partial charge on any atom is -0.368 e. The van der Waals surface area contributed by atoms with Crippen LogP contribution in [0.3, 0.4) is 0 Å². The lowest BCUT2D eigenvalue weighted by Gasteiger charge is -2.44. The summed E-state index contributed by atoms with van der Waals surface area (Å²) in [5.74, 6) is 0.442. The standard InChI is InChI=1S/C16H27N3O/c1-16(2,3)12-7-6-11(10-17)14(9-12)19-8-4-5-13(19)15(18)20/h11-14H,4-9H2,1-3H3,(H2,18,20). The number of carbonyl (C=O) groups is 1. The first-order valence-corrected chi connectivity index (χ1v) is 7.79. The minimum absolute atomic E-state index is 0.0496. The SMILES string of the molecule is CC(C)(C)C1CCC(C#N)C(N2CCCC2C(N)=O)C1. The maximum absolute atomic E-state index is 11.6. The van der Waals surface area contributed by atoms with E-state index in [1.165, 1.54) is 0 Å². The second kappa shape index (κ2) is 5.73. The Balaban J connectivity index is 2.17. The molecule has 0 radical (unpaired) electrons. The average molecular weight is 277 g/mol. The molecule has 1 saturated carbocycles. The predicted molar refractivity (Wildman–Crippen MR) is 78.6 cm³/mol. The summed E-state index contributed by atoms with van der Waals surface area (Å²) < 4.78 is 0. The maximum atomic E-state index is 11.6. The second-order valence-corrected chi connectivity index (χ2v) is 7.48. The summed E-state index contributed by atoms with van der Waals surface area (Å²) >= 11 is 0. The van der Waals surface area contributed by atoms with Crippen molar-refractivity contribution < 1.29 is 4.79 Å². The van der Waals surface area contributed by atoms with Gasteiger partial charge >= 0.3 is 0 Å². The van der Waals surface area contributed by atoms with Crippen molar-refractivity contribution in [3.05, 3.63) is 0 Å². The van der Waals surface area contributed by atoms with Gasteiger partial charge in [-0.3, -0.25) is 9.69 Å². The third-order valence-corrected chi connectivity index (χ3v) is 5.26. The van der Waals surface area contributed by atoms with Crippen LogP contribution >= 0.6 is 0 Å². The first-order valence-electron chi connectivity index (χ1n) is 7.79. The molecule has 4 unspecified atom stereocenters. The summed E-state index contributed by atoms with van der Waals surface area (Å²) in [6, 6.07) is 2.52. The van der Waals surface area contributed by atoms with Crippen LogP contribution in [-0.4, -0.2) is 29.4 Å². The molecule has 2 N–H and O–H groups in total. The minimum atomic E-state index is -0.225. The van der Waals surface area contributed by atoms with Crippen LogP contribution in [0.2, 0.25) is 0 Å². The van der Waals surface area contributed by atoms with Crippen LogP contribution in [0.4, 0.5) is 0 Å². The Bertz CT molecular complexity index is 407. The first kappa shape index (κ1) is 15.3. The molecule has 1 heterocycles. The van der Waals surface area contributed by atoms with Crippen molar-refractivity contribution in [1.82, 2.24) is 4.90 Å². The van der Waals surface area contributed by atoms with Crippen molar-refractivity contribution in [1.29, 1.82) is 5.26 Å². The van der Waals surface area contributed by atoms with Gasteiger partial charge in [-0.25, -0.2) is 0 Å². The highest BCUT2D eigenvalue weighted by Crippen LogP contribution is 2.42. The molecule has 0 bridgehead atoms. The van der Waals surface area contributed by atoms with Gasteiger partial charge < -0.3 is 5.73 Å². The van der Waals surface area contributed by atoms with Gasteiger partial charge in [-0.2, -0.15) is 5.26 Å². The van der Waals surface area contributed by atoms with E-state index in [-0.39, 0.29) is 29.3 Å². The van der Waals surface area contributed by atoms with Crippen molar-refractivity contribution in [2.45, 2.75) is 65.0 Å². The monoisotopic (exact) mass is 277 g/mol. The average Bonchev–Trinajstić information content (AvgIpc) is 2.86. The Hall–Kier alpha value is -1.08. The molecule has 0 aromatic carbocycles. The fourth-order valence-electron chi connectivity index (χ4n) is 3.94. The van der Waals surface area contributed by atoms with Crippen LogP contribution in [0.15, 0.2) is 0 Å². The van der Waals surface area contributed by atoms with E-state index in [1.807, 2.05) is 0 Å². The van der Waals surface area contributed by atoms with Crippen LogP contribution in [-0.2, 0) is 4.79 Å². The van der Waals surface area contributed by atoms with Gasteiger partial charge in [-0.05, 0) is 50.0 Å². The molecule has 1 amide bonds. The Morgan fingerprint density at radius 3 is 2.55 bits per heavy atom. The van der Waals surface area contributed by atoms with Crippen LogP contribution in [0.5, 0.6) is 0 Å². The molecule has 112 valence electrons. The smallest absolute Gasteiger partial charge is 0.234 e. The molecule has 20 heavy (non-hydrogen) atoms. The molecular weight excluding hydrogens is 250 g/mol. The molecule has 4 atom stereocenters. The van der Waals surface area contributed by atoms with E-state index < -0.39 is 0 Å². The highest BCUT2D eigenvalue weighted by molar-refractivity contribution is 5.80. The van der Waals surface area contributed by atoms with Gasteiger partial charge in [0.2, 0.25) is 5.91 Å². The first-order chi connectivity index (χ1) is 9.34. The fraction of sp³-hybridized carbons (Fsp3) is 0.875. The molecule has 0 aromatic heterocycles. The maximum Gasteiger partial charge on any atom is 0.234 e. The van der Waals surface area contributed by atoms with Gasteiger partial charge in [0.25, 0.3) is 0 Å². The molecule has 1 aliphatic carbocycles. The lowest BCUT2D eigenvalue weighted by Crippen LogP contribution is -2.51. The summed E-state index contributed by atoms with van der Waals surface area (Å²) in [5.41, 5.74) is 5.80. The summed E-state index contributed by atoms with van der Waals surface area (Å²) in [4.78, 5) is 13.9. The second-order valence-electron chi connectivity index (χ2n) is 7.48. The largest absolute Gasteiger partial charge is 0.368 e. The number of nitrogens with zero attached hydrogens (tertiary/aromatic N) is 2. The quantitative estimate of drug-likeness (QED) is 0.842. The van der Waals surface area contributed by atoms with Gasteiger partial charge in [-0.1, -0.05) is 20.8 Å². The molecule has 1 aliphatic heterocycles. The van der Waals surface area contributed by atoms with Crippen molar-refractivity contribution in [3.63, 3.8) is 0 Å². The normalized spacial score (nSPS) is 35.7. The molecule has 0 aromatic rings. The van der Waals surface area contributed by atoms with E-state index in [0.717, 1.165) is 38.6 Å². The molecule has 4 nitrogen and oxygen atoms in total. The Kier molecular flexibility index (Phi) is 4.39. The number of carbonyl (C=O) groups excluding carboxylic acids is 1. The molecule has 2 fully saturated rings. The van der Waals surface area contributed by atoms with E-state index in [9.17, 15) is 10.1 Å². The highest BCUT2D eigenvalue weighted by atomic mass is 16.1. The van der Waals surface area contributed by atoms with E-state index in [1.54, 1.807) is 0 Å². The van der Waals surface area contributed by atoms with Gasteiger partial charge in [0, 0.05) is 6.04 Å². The van der Waals surface area contributed by atoms with Crippen LogP contribution < -0.4 is 5.73 Å². The number of primary amides is 1. The zero-order chi connectivity index (χ0) is 14.9. The summed E-state index contributed by atoms with van der Waals surface area (Å²) in [7, 11) is 0. The van der Waals surface area contributed by atoms with Gasteiger partial charge in [0.1, 0.15) is 0 Å². The van der Waals surface area contributed by atoms with E-state index in [0.29, 0.717) is 5.92 Å². The van der Waals surface area contributed by atoms with Crippen molar-refractivity contribution in [2.75, 3.05) is 6.54 Å². The number of nitrogens with two attached hydrogens (primary N) is 1. The molecule has 4 heteroatoms.